The molecule has 27 heavy (non-hydrogen) atoms. The second kappa shape index (κ2) is 8.36. The summed E-state index contributed by atoms with van der Waals surface area (Å²) in [4.78, 5) is 16.6. The van der Waals surface area contributed by atoms with Gasteiger partial charge in [0, 0.05) is 5.69 Å². The van der Waals surface area contributed by atoms with E-state index in [1.807, 2.05) is 42.5 Å². The van der Waals surface area contributed by atoms with Crippen LogP contribution in [0.3, 0.4) is 0 Å². The fourth-order valence-electron chi connectivity index (χ4n) is 2.77. The predicted octanol–water partition coefficient (Wildman–Crippen LogP) is 4.63. The number of ether oxygens (including phenoxy) is 1. The fraction of sp³-hybridized carbons (Fsp3) is 0.182. The highest BCUT2D eigenvalue weighted by molar-refractivity contribution is 5.92. The summed E-state index contributed by atoms with van der Waals surface area (Å²) in [6, 6.07) is 17.4. The Morgan fingerprint density at radius 3 is 2.44 bits per heavy atom. The van der Waals surface area contributed by atoms with Crippen LogP contribution in [0.2, 0.25) is 0 Å². The van der Waals surface area contributed by atoms with Crippen molar-refractivity contribution >= 4 is 23.1 Å². The van der Waals surface area contributed by atoms with Gasteiger partial charge in [-0.2, -0.15) is 0 Å². The van der Waals surface area contributed by atoms with Crippen LogP contribution in [-0.2, 0) is 11.2 Å². The average molecular weight is 361 g/mol. The van der Waals surface area contributed by atoms with Crippen molar-refractivity contribution in [3.05, 3.63) is 77.5 Å². The summed E-state index contributed by atoms with van der Waals surface area (Å²) in [5.41, 5.74) is 4.99. The van der Waals surface area contributed by atoms with Crippen molar-refractivity contribution in [2.24, 2.45) is 0 Å². The first-order chi connectivity index (χ1) is 13.0. The zero-order chi connectivity index (χ0) is 19.2. The number of aryl methyl sites for hydroxylation is 2. The van der Waals surface area contributed by atoms with E-state index >= 15 is 0 Å². The van der Waals surface area contributed by atoms with E-state index in [0.29, 0.717) is 12.1 Å². The average Bonchev–Trinajstić information content (AvgIpc) is 2.66. The minimum absolute atomic E-state index is 0.0861. The lowest BCUT2D eigenvalue weighted by Gasteiger charge is -2.10. The third-order valence-electron chi connectivity index (χ3n) is 4.22. The number of methoxy groups -OCH3 is 1. The number of benzene rings is 2. The van der Waals surface area contributed by atoms with Gasteiger partial charge in [0.15, 0.2) is 0 Å². The van der Waals surface area contributed by atoms with Gasteiger partial charge in [0.2, 0.25) is 5.91 Å². The standard InChI is InChI=1S/C22H23N3O2/c1-15-4-10-20(16(2)12-15)25-21-11-7-18(14-23-21)24-22(26)13-17-5-8-19(27-3)9-6-17/h4-12,14H,13H2,1-3H3,(H,23,25)(H,24,26). The van der Waals surface area contributed by atoms with Gasteiger partial charge in [0.05, 0.1) is 25.4 Å². The van der Waals surface area contributed by atoms with Crippen LogP contribution in [0.4, 0.5) is 17.2 Å². The molecule has 0 saturated carbocycles. The SMILES string of the molecule is COc1ccc(CC(=O)Nc2ccc(Nc3ccc(C)cc3C)nc2)cc1. The van der Waals surface area contributed by atoms with Gasteiger partial charge in [-0.05, 0) is 55.3 Å². The van der Waals surface area contributed by atoms with Gasteiger partial charge in [0.1, 0.15) is 11.6 Å². The number of hydrogen-bond donors (Lipinski definition) is 2. The first-order valence-corrected chi connectivity index (χ1v) is 8.76. The number of nitrogens with zero attached hydrogens (tertiary/aromatic N) is 1. The van der Waals surface area contributed by atoms with Crippen LogP contribution >= 0.6 is 0 Å². The molecule has 1 aromatic heterocycles. The lowest BCUT2D eigenvalue weighted by atomic mass is 10.1. The predicted molar refractivity (Wildman–Crippen MR) is 109 cm³/mol. The molecule has 1 amide bonds. The third kappa shape index (κ3) is 5.07. The Bertz CT molecular complexity index is 919. The second-order valence-electron chi connectivity index (χ2n) is 6.45. The van der Waals surface area contributed by atoms with E-state index in [2.05, 4.69) is 41.6 Å². The van der Waals surface area contributed by atoms with Crippen molar-refractivity contribution in [1.29, 1.82) is 0 Å². The summed E-state index contributed by atoms with van der Waals surface area (Å²) in [6.45, 7) is 4.13. The topological polar surface area (TPSA) is 63.2 Å². The van der Waals surface area contributed by atoms with E-state index in [4.69, 9.17) is 4.74 Å². The number of hydrogen-bond acceptors (Lipinski definition) is 4. The molecule has 5 heteroatoms. The van der Waals surface area contributed by atoms with Gasteiger partial charge >= 0.3 is 0 Å². The van der Waals surface area contributed by atoms with Crippen molar-refractivity contribution in [2.75, 3.05) is 17.7 Å². The van der Waals surface area contributed by atoms with Gasteiger partial charge in [-0.25, -0.2) is 4.98 Å². The van der Waals surface area contributed by atoms with Crippen molar-refractivity contribution in [3.63, 3.8) is 0 Å². The van der Waals surface area contributed by atoms with E-state index in [0.717, 1.165) is 28.4 Å². The highest BCUT2D eigenvalue weighted by atomic mass is 16.5. The van der Waals surface area contributed by atoms with Crippen LogP contribution in [0.1, 0.15) is 16.7 Å². The normalized spacial score (nSPS) is 10.3. The number of rotatable bonds is 6. The van der Waals surface area contributed by atoms with Crippen LogP contribution in [-0.4, -0.2) is 18.0 Å². The van der Waals surface area contributed by atoms with Gasteiger partial charge < -0.3 is 15.4 Å². The molecule has 0 saturated heterocycles. The molecule has 2 N–H and O–H groups in total. The Hall–Kier alpha value is -3.34. The highest BCUT2D eigenvalue weighted by Gasteiger charge is 2.06. The Kier molecular flexibility index (Phi) is 5.71. The molecule has 1 heterocycles. The fourth-order valence-corrected chi connectivity index (χ4v) is 2.77. The zero-order valence-electron chi connectivity index (χ0n) is 15.7. The number of aromatic nitrogens is 1. The molecule has 0 fully saturated rings. The molecule has 138 valence electrons. The molecule has 0 bridgehead atoms. The molecule has 0 spiro atoms. The van der Waals surface area contributed by atoms with E-state index in [-0.39, 0.29) is 5.91 Å². The molecule has 0 unspecified atom stereocenters. The maximum atomic E-state index is 12.2. The first kappa shape index (κ1) is 18.5. The molecule has 0 radical (unpaired) electrons. The van der Waals surface area contributed by atoms with E-state index in [1.54, 1.807) is 13.3 Å². The van der Waals surface area contributed by atoms with Crippen molar-refractivity contribution in [2.45, 2.75) is 20.3 Å². The van der Waals surface area contributed by atoms with Gasteiger partial charge in [-0.1, -0.05) is 29.8 Å². The summed E-state index contributed by atoms with van der Waals surface area (Å²) in [7, 11) is 1.62. The highest BCUT2D eigenvalue weighted by Crippen LogP contribution is 2.21. The Morgan fingerprint density at radius 1 is 1.04 bits per heavy atom. The minimum Gasteiger partial charge on any atom is -0.497 e. The van der Waals surface area contributed by atoms with Crippen molar-refractivity contribution < 1.29 is 9.53 Å². The molecule has 5 nitrogen and oxygen atoms in total. The molecule has 3 aromatic rings. The largest absolute Gasteiger partial charge is 0.497 e. The Balaban J connectivity index is 1.58. The van der Waals surface area contributed by atoms with Crippen LogP contribution in [0.25, 0.3) is 0 Å². The number of nitrogens with one attached hydrogen (secondary N) is 2. The summed E-state index contributed by atoms with van der Waals surface area (Å²) in [5, 5.41) is 6.16. The summed E-state index contributed by atoms with van der Waals surface area (Å²) >= 11 is 0. The molecule has 0 aliphatic heterocycles. The lowest BCUT2D eigenvalue weighted by Crippen LogP contribution is -2.14. The zero-order valence-corrected chi connectivity index (χ0v) is 15.7. The number of carbonyl (C=O) groups excluding carboxylic acids is 1. The summed E-state index contributed by atoms with van der Waals surface area (Å²) in [6.07, 6.45) is 1.95. The van der Waals surface area contributed by atoms with Crippen molar-refractivity contribution in [3.8, 4) is 5.75 Å². The summed E-state index contributed by atoms with van der Waals surface area (Å²) in [5.74, 6) is 1.42. The van der Waals surface area contributed by atoms with Crippen LogP contribution in [0, 0.1) is 13.8 Å². The summed E-state index contributed by atoms with van der Waals surface area (Å²) < 4.78 is 5.12. The smallest absolute Gasteiger partial charge is 0.228 e. The monoisotopic (exact) mass is 361 g/mol. The number of pyridine rings is 1. The molecule has 0 aliphatic rings. The quantitative estimate of drug-likeness (QED) is 0.672. The van der Waals surface area contributed by atoms with Gasteiger partial charge in [0.25, 0.3) is 0 Å². The molecule has 0 atom stereocenters. The molecular formula is C22H23N3O2. The molecular weight excluding hydrogens is 338 g/mol. The minimum atomic E-state index is -0.0861. The third-order valence-corrected chi connectivity index (χ3v) is 4.22. The molecule has 0 aliphatic carbocycles. The van der Waals surface area contributed by atoms with Crippen molar-refractivity contribution in [1.82, 2.24) is 4.98 Å². The van der Waals surface area contributed by atoms with E-state index < -0.39 is 0 Å². The van der Waals surface area contributed by atoms with E-state index in [9.17, 15) is 4.79 Å². The van der Waals surface area contributed by atoms with Crippen LogP contribution < -0.4 is 15.4 Å². The molecule has 3 rings (SSSR count). The molecule has 2 aromatic carbocycles. The lowest BCUT2D eigenvalue weighted by molar-refractivity contribution is -0.115. The van der Waals surface area contributed by atoms with Gasteiger partial charge in [-0.3, -0.25) is 4.79 Å². The number of carbonyl (C=O) groups is 1. The number of amides is 1. The van der Waals surface area contributed by atoms with Gasteiger partial charge in [-0.15, -0.1) is 0 Å². The van der Waals surface area contributed by atoms with E-state index in [1.165, 1.54) is 5.56 Å². The Morgan fingerprint density at radius 2 is 1.81 bits per heavy atom. The number of anilines is 3. The second-order valence-corrected chi connectivity index (χ2v) is 6.45. The maximum Gasteiger partial charge on any atom is 0.228 e. The van der Waals surface area contributed by atoms with Crippen LogP contribution in [0.5, 0.6) is 5.75 Å². The maximum absolute atomic E-state index is 12.2. The Labute approximate surface area is 159 Å². The van der Waals surface area contributed by atoms with Crippen LogP contribution in [0.15, 0.2) is 60.8 Å². The first-order valence-electron chi connectivity index (χ1n) is 8.76.